The molecule has 0 spiro atoms. The number of carbonyl (C=O) groups excluding carboxylic acids is 3. The molecule has 0 atom stereocenters. The van der Waals surface area contributed by atoms with E-state index in [-0.39, 0.29) is 17.9 Å². The maximum Gasteiger partial charge on any atom is 0.339 e. The molecule has 0 unspecified atom stereocenters. The summed E-state index contributed by atoms with van der Waals surface area (Å²) in [6.45, 7) is 0. The van der Waals surface area contributed by atoms with E-state index in [9.17, 15) is 14.4 Å². The number of hydrogen-bond donors (Lipinski definition) is 2. The number of nitrogens with one attached hydrogen (secondary N) is 2. The molecule has 0 aliphatic carbocycles. The van der Waals surface area contributed by atoms with Crippen molar-refractivity contribution in [2.45, 2.75) is 6.42 Å². The van der Waals surface area contributed by atoms with Crippen LogP contribution in [0.15, 0.2) is 66.0 Å². The number of anilines is 2. The Morgan fingerprint density at radius 2 is 1.79 bits per heavy atom. The van der Waals surface area contributed by atoms with Gasteiger partial charge in [-0.2, -0.15) is 0 Å². The fraction of sp³-hybridized carbons (Fsp3) is 0.0952. The summed E-state index contributed by atoms with van der Waals surface area (Å²) in [7, 11) is 1.28. The second kappa shape index (κ2) is 8.96. The number of para-hydroxylation sites is 1. The van der Waals surface area contributed by atoms with Crippen molar-refractivity contribution in [1.29, 1.82) is 0 Å². The monoisotopic (exact) mass is 394 g/mol. The number of hydrogen-bond acceptors (Lipinski definition) is 5. The van der Waals surface area contributed by atoms with Crippen molar-refractivity contribution >= 4 is 40.5 Å². The third-order valence-electron chi connectivity index (χ3n) is 3.90. The van der Waals surface area contributed by atoms with Crippen molar-refractivity contribution < 1.29 is 19.1 Å². The topological polar surface area (TPSA) is 84.5 Å². The van der Waals surface area contributed by atoms with E-state index in [0.29, 0.717) is 16.9 Å². The molecule has 0 saturated heterocycles. The van der Waals surface area contributed by atoms with Crippen LogP contribution in [0.4, 0.5) is 11.4 Å². The minimum atomic E-state index is -0.537. The van der Waals surface area contributed by atoms with Crippen LogP contribution in [0.2, 0.25) is 0 Å². The fourth-order valence-corrected chi connectivity index (χ4v) is 3.29. The van der Waals surface area contributed by atoms with Crippen molar-refractivity contribution in [2.75, 3.05) is 17.7 Å². The van der Waals surface area contributed by atoms with Crippen molar-refractivity contribution in [3.63, 3.8) is 0 Å². The Bertz CT molecular complexity index is 999. The van der Waals surface area contributed by atoms with E-state index in [1.165, 1.54) is 18.4 Å². The van der Waals surface area contributed by atoms with E-state index in [1.54, 1.807) is 48.5 Å². The van der Waals surface area contributed by atoms with Gasteiger partial charge in [0.1, 0.15) is 0 Å². The molecule has 7 heteroatoms. The van der Waals surface area contributed by atoms with Gasteiger partial charge in [0.15, 0.2) is 0 Å². The smallest absolute Gasteiger partial charge is 0.339 e. The molecule has 2 amide bonds. The quantitative estimate of drug-likeness (QED) is 0.620. The van der Waals surface area contributed by atoms with Gasteiger partial charge in [0.05, 0.1) is 24.8 Å². The second-order valence-electron chi connectivity index (χ2n) is 5.88. The number of thiophene rings is 1. The van der Waals surface area contributed by atoms with Gasteiger partial charge in [-0.1, -0.05) is 24.3 Å². The first-order valence-electron chi connectivity index (χ1n) is 8.48. The van der Waals surface area contributed by atoms with E-state index >= 15 is 0 Å². The summed E-state index contributed by atoms with van der Waals surface area (Å²) in [5.74, 6) is -1.09. The normalized spacial score (nSPS) is 10.2. The maximum atomic E-state index is 12.6. The van der Waals surface area contributed by atoms with Crippen LogP contribution >= 0.6 is 11.3 Å². The van der Waals surface area contributed by atoms with Crippen molar-refractivity contribution in [2.24, 2.45) is 0 Å². The van der Waals surface area contributed by atoms with Crippen LogP contribution < -0.4 is 10.6 Å². The number of methoxy groups -OCH3 is 1. The zero-order valence-corrected chi connectivity index (χ0v) is 15.9. The zero-order chi connectivity index (χ0) is 19.9. The highest BCUT2D eigenvalue weighted by Gasteiger charge is 2.15. The van der Waals surface area contributed by atoms with Crippen LogP contribution in [0.5, 0.6) is 0 Å². The first kappa shape index (κ1) is 19.3. The first-order chi connectivity index (χ1) is 13.6. The van der Waals surface area contributed by atoms with E-state index < -0.39 is 11.9 Å². The number of rotatable bonds is 6. The van der Waals surface area contributed by atoms with Crippen molar-refractivity contribution in [3.8, 4) is 0 Å². The predicted molar refractivity (Wildman–Crippen MR) is 109 cm³/mol. The van der Waals surface area contributed by atoms with Crippen LogP contribution in [0.25, 0.3) is 0 Å². The third-order valence-corrected chi connectivity index (χ3v) is 4.78. The largest absolute Gasteiger partial charge is 0.465 e. The van der Waals surface area contributed by atoms with E-state index in [4.69, 9.17) is 4.74 Å². The van der Waals surface area contributed by atoms with Gasteiger partial charge in [0.2, 0.25) is 5.91 Å². The van der Waals surface area contributed by atoms with Crippen molar-refractivity contribution in [3.05, 3.63) is 82.0 Å². The molecule has 0 saturated carbocycles. The summed E-state index contributed by atoms with van der Waals surface area (Å²) in [4.78, 5) is 37.5. The molecule has 3 rings (SSSR count). The average Bonchev–Trinajstić information content (AvgIpc) is 3.20. The highest BCUT2D eigenvalue weighted by Crippen LogP contribution is 2.19. The number of amides is 2. The summed E-state index contributed by atoms with van der Waals surface area (Å²) >= 11 is 1.51. The molecule has 0 aliphatic heterocycles. The molecule has 0 aliphatic rings. The van der Waals surface area contributed by atoms with Crippen LogP contribution in [0.3, 0.4) is 0 Å². The minimum absolute atomic E-state index is 0.156. The zero-order valence-electron chi connectivity index (χ0n) is 15.1. The molecule has 6 nitrogen and oxygen atoms in total. The Kier molecular flexibility index (Phi) is 6.18. The lowest BCUT2D eigenvalue weighted by Gasteiger charge is -2.11. The Labute approximate surface area is 166 Å². The Morgan fingerprint density at radius 3 is 2.54 bits per heavy atom. The van der Waals surface area contributed by atoms with E-state index in [2.05, 4.69) is 10.6 Å². The molecular formula is C21H18N2O4S. The lowest BCUT2D eigenvalue weighted by Crippen LogP contribution is -2.17. The fourth-order valence-electron chi connectivity index (χ4n) is 2.59. The Hall–Kier alpha value is -3.45. The molecule has 1 aromatic heterocycles. The molecule has 28 heavy (non-hydrogen) atoms. The molecule has 2 aromatic carbocycles. The average molecular weight is 394 g/mol. The van der Waals surface area contributed by atoms with Crippen LogP contribution in [0, 0.1) is 0 Å². The summed E-state index contributed by atoms with van der Waals surface area (Å²) in [5.41, 5.74) is 1.49. The molecule has 0 radical (unpaired) electrons. The first-order valence-corrected chi connectivity index (χ1v) is 9.36. The minimum Gasteiger partial charge on any atom is -0.465 e. The summed E-state index contributed by atoms with van der Waals surface area (Å²) < 4.78 is 4.73. The van der Waals surface area contributed by atoms with Crippen LogP contribution in [-0.4, -0.2) is 24.9 Å². The van der Waals surface area contributed by atoms with Crippen molar-refractivity contribution in [1.82, 2.24) is 0 Å². The summed E-state index contributed by atoms with van der Waals surface area (Å²) in [6.07, 6.45) is 0.278. The van der Waals surface area contributed by atoms with Gasteiger partial charge >= 0.3 is 5.97 Å². The van der Waals surface area contributed by atoms with Crippen LogP contribution in [-0.2, 0) is 16.0 Å². The number of ether oxygens (including phenoxy) is 1. The predicted octanol–water partition coefficient (Wildman–Crippen LogP) is 3.97. The lowest BCUT2D eigenvalue weighted by molar-refractivity contribution is -0.115. The van der Waals surface area contributed by atoms with Gasteiger partial charge < -0.3 is 15.4 Å². The second-order valence-corrected chi connectivity index (χ2v) is 6.91. The van der Waals surface area contributed by atoms with Crippen LogP contribution in [0.1, 0.15) is 25.6 Å². The van der Waals surface area contributed by atoms with E-state index in [0.717, 1.165) is 4.88 Å². The number of carbonyl (C=O) groups is 3. The highest BCUT2D eigenvalue weighted by molar-refractivity contribution is 7.10. The summed E-state index contributed by atoms with van der Waals surface area (Å²) in [5, 5.41) is 7.42. The van der Waals surface area contributed by atoms with Gasteiger partial charge in [-0.3, -0.25) is 9.59 Å². The highest BCUT2D eigenvalue weighted by atomic mass is 32.1. The molecule has 142 valence electrons. The van der Waals surface area contributed by atoms with Gasteiger partial charge in [-0.25, -0.2) is 4.79 Å². The SMILES string of the molecule is COC(=O)c1ccccc1NC(=O)c1cccc(NC(=O)Cc2cccs2)c1. The van der Waals surface area contributed by atoms with E-state index in [1.807, 2.05) is 17.5 Å². The molecule has 3 aromatic rings. The number of benzene rings is 2. The molecule has 1 heterocycles. The van der Waals surface area contributed by atoms with Gasteiger partial charge in [0, 0.05) is 16.1 Å². The lowest BCUT2D eigenvalue weighted by atomic mass is 10.1. The molecule has 0 bridgehead atoms. The Balaban J connectivity index is 1.71. The number of esters is 1. The molecule has 0 fully saturated rings. The van der Waals surface area contributed by atoms with Gasteiger partial charge in [-0.05, 0) is 41.8 Å². The molecular weight excluding hydrogens is 376 g/mol. The van der Waals surface area contributed by atoms with Gasteiger partial charge in [0.25, 0.3) is 5.91 Å². The Morgan fingerprint density at radius 1 is 0.964 bits per heavy atom. The third kappa shape index (κ3) is 4.83. The summed E-state index contributed by atoms with van der Waals surface area (Å²) in [6, 6.07) is 17.0. The van der Waals surface area contributed by atoms with Gasteiger partial charge in [-0.15, -0.1) is 11.3 Å². The standard InChI is InChI=1S/C21H18N2O4S/c1-27-21(26)17-9-2-3-10-18(17)23-20(25)14-6-4-7-15(12-14)22-19(24)13-16-8-5-11-28-16/h2-12H,13H2,1H3,(H,22,24)(H,23,25). The molecule has 2 N–H and O–H groups in total. The maximum absolute atomic E-state index is 12.6.